The van der Waals surface area contributed by atoms with E-state index in [0.29, 0.717) is 17.2 Å². The fourth-order valence-corrected chi connectivity index (χ4v) is 2.42. The molecule has 0 aliphatic carbocycles. The van der Waals surface area contributed by atoms with Gasteiger partial charge in [-0.3, -0.25) is 0 Å². The van der Waals surface area contributed by atoms with Gasteiger partial charge >= 0.3 is 0 Å². The maximum atomic E-state index is 5.34. The van der Waals surface area contributed by atoms with Crippen LogP contribution in [-0.4, -0.2) is 21.3 Å². The van der Waals surface area contributed by atoms with E-state index in [9.17, 15) is 0 Å². The first kappa shape index (κ1) is 15.4. The average Bonchev–Trinajstić information content (AvgIpc) is 2.51. The van der Waals surface area contributed by atoms with Gasteiger partial charge in [-0.2, -0.15) is 0 Å². The van der Waals surface area contributed by atoms with Gasteiger partial charge in [-0.05, 0) is 35.4 Å². The third-order valence-corrected chi connectivity index (χ3v) is 3.50. The topological polar surface area (TPSA) is 27.7 Å². The first-order valence-corrected chi connectivity index (χ1v) is 7.21. The molecule has 0 saturated heterocycles. The number of benzene rings is 2. The minimum absolute atomic E-state index is 0.597. The SMILES string of the molecule is COc1cc(/C=C\c2cccc(Br)c2)cc(OC)c1OC. The summed E-state index contributed by atoms with van der Waals surface area (Å²) in [7, 11) is 4.82. The summed E-state index contributed by atoms with van der Waals surface area (Å²) >= 11 is 3.46. The number of hydrogen-bond donors (Lipinski definition) is 0. The molecule has 2 aromatic carbocycles. The molecule has 21 heavy (non-hydrogen) atoms. The molecule has 0 amide bonds. The van der Waals surface area contributed by atoms with Crippen molar-refractivity contribution in [1.29, 1.82) is 0 Å². The number of ether oxygens (including phenoxy) is 3. The van der Waals surface area contributed by atoms with Crippen molar-refractivity contribution in [3.05, 3.63) is 52.0 Å². The lowest BCUT2D eigenvalue weighted by Crippen LogP contribution is -1.95. The molecule has 0 aliphatic rings. The summed E-state index contributed by atoms with van der Waals surface area (Å²) in [5.74, 6) is 1.89. The Hall–Kier alpha value is -1.94. The van der Waals surface area contributed by atoms with Crippen LogP contribution in [0.5, 0.6) is 17.2 Å². The summed E-state index contributed by atoms with van der Waals surface area (Å²) in [5, 5.41) is 0. The Morgan fingerprint density at radius 3 is 1.95 bits per heavy atom. The normalized spacial score (nSPS) is 10.7. The molecule has 0 atom stereocenters. The molecule has 0 radical (unpaired) electrons. The quantitative estimate of drug-likeness (QED) is 0.736. The number of rotatable bonds is 5. The van der Waals surface area contributed by atoms with Gasteiger partial charge in [0.05, 0.1) is 21.3 Å². The van der Waals surface area contributed by atoms with E-state index < -0.39 is 0 Å². The van der Waals surface area contributed by atoms with E-state index in [1.165, 1.54) is 0 Å². The highest BCUT2D eigenvalue weighted by molar-refractivity contribution is 9.10. The van der Waals surface area contributed by atoms with Gasteiger partial charge in [0.2, 0.25) is 5.75 Å². The Labute approximate surface area is 133 Å². The van der Waals surface area contributed by atoms with Crippen LogP contribution >= 0.6 is 15.9 Å². The third kappa shape index (κ3) is 3.79. The zero-order chi connectivity index (χ0) is 15.2. The van der Waals surface area contributed by atoms with Crippen molar-refractivity contribution in [2.24, 2.45) is 0 Å². The first-order chi connectivity index (χ1) is 10.2. The van der Waals surface area contributed by atoms with Gasteiger partial charge in [0, 0.05) is 4.47 Å². The van der Waals surface area contributed by atoms with Crippen LogP contribution in [0, 0.1) is 0 Å². The number of hydrogen-bond acceptors (Lipinski definition) is 3. The van der Waals surface area contributed by atoms with Gasteiger partial charge < -0.3 is 14.2 Å². The van der Waals surface area contributed by atoms with E-state index in [-0.39, 0.29) is 0 Å². The standard InChI is InChI=1S/C17H17BrO3/c1-19-15-10-13(11-16(20-2)17(15)21-3)8-7-12-5-4-6-14(18)9-12/h4-11H,1-3H3/b8-7-. The lowest BCUT2D eigenvalue weighted by atomic mass is 10.1. The predicted octanol–water partition coefficient (Wildman–Crippen LogP) is 4.65. The zero-order valence-corrected chi connectivity index (χ0v) is 13.8. The highest BCUT2D eigenvalue weighted by Gasteiger charge is 2.11. The second kappa shape index (κ2) is 7.18. The maximum absolute atomic E-state index is 5.34. The fourth-order valence-electron chi connectivity index (χ4n) is 2.00. The Kier molecular flexibility index (Phi) is 5.28. The minimum Gasteiger partial charge on any atom is -0.493 e. The Balaban J connectivity index is 2.36. The van der Waals surface area contributed by atoms with Crippen LogP contribution in [0.2, 0.25) is 0 Å². The summed E-state index contributed by atoms with van der Waals surface area (Å²) in [6.07, 6.45) is 4.04. The smallest absolute Gasteiger partial charge is 0.203 e. The van der Waals surface area contributed by atoms with Crippen LogP contribution in [-0.2, 0) is 0 Å². The Morgan fingerprint density at radius 2 is 1.43 bits per heavy atom. The lowest BCUT2D eigenvalue weighted by molar-refractivity contribution is 0.324. The Bertz CT molecular complexity index is 625. The predicted molar refractivity (Wildman–Crippen MR) is 89.2 cm³/mol. The summed E-state index contributed by atoms with van der Waals surface area (Å²) < 4.78 is 17.1. The van der Waals surface area contributed by atoms with Gasteiger partial charge in [-0.15, -0.1) is 0 Å². The molecule has 0 saturated carbocycles. The average molecular weight is 349 g/mol. The molecule has 2 aromatic rings. The highest BCUT2D eigenvalue weighted by Crippen LogP contribution is 2.38. The summed E-state index contributed by atoms with van der Waals surface area (Å²) in [5.41, 5.74) is 2.09. The van der Waals surface area contributed by atoms with Gasteiger partial charge in [-0.1, -0.05) is 40.2 Å². The van der Waals surface area contributed by atoms with Crippen LogP contribution in [0.3, 0.4) is 0 Å². The van der Waals surface area contributed by atoms with Crippen molar-refractivity contribution < 1.29 is 14.2 Å². The van der Waals surface area contributed by atoms with Crippen molar-refractivity contribution in [2.75, 3.05) is 21.3 Å². The van der Waals surface area contributed by atoms with E-state index in [1.807, 2.05) is 42.5 Å². The van der Waals surface area contributed by atoms with Crippen LogP contribution in [0.25, 0.3) is 12.2 Å². The van der Waals surface area contributed by atoms with E-state index in [2.05, 4.69) is 22.0 Å². The van der Waals surface area contributed by atoms with Crippen molar-refractivity contribution in [1.82, 2.24) is 0 Å². The molecule has 0 N–H and O–H groups in total. The first-order valence-electron chi connectivity index (χ1n) is 6.41. The second-order valence-corrected chi connectivity index (χ2v) is 5.26. The van der Waals surface area contributed by atoms with Gasteiger partial charge in [0.25, 0.3) is 0 Å². The molecule has 0 aromatic heterocycles. The van der Waals surface area contributed by atoms with Crippen molar-refractivity contribution in [3.8, 4) is 17.2 Å². The van der Waals surface area contributed by atoms with Gasteiger partial charge in [-0.25, -0.2) is 0 Å². The molecule has 3 nitrogen and oxygen atoms in total. The number of methoxy groups -OCH3 is 3. The molecular formula is C17H17BrO3. The van der Waals surface area contributed by atoms with E-state index in [0.717, 1.165) is 15.6 Å². The minimum atomic E-state index is 0.597. The molecule has 0 unspecified atom stereocenters. The van der Waals surface area contributed by atoms with E-state index in [4.69, 9.17) is 14.2 Å². The second-order valence-electron chi connectivity index (χ2n) is 4.35. The highest BCUT2D eigenvalue weighted by atomic mass is 79.9. The van der Waals surface area contributed by atoms with Gasteiger partial charge in [0.15, 0.2) is 11.5 Å². The summed E-state index contributed by atoms with van der Waals surface area (Å²) in [6, 6.07) is 11.9. The molecule has 4 heteroatoms. The van der Waals surface area contributed by atoms with Gasteiger partial charge in [0.1, 0.15) is 0 Å². The van der Waals surface area contributed by atoms with Crippen LogP contribution in [0.4, 0.5) is 0 Å². The molecule has 0 aliphatic heterocycles. The summed E-state index contributed by atoms with van der Waals surface area (Å²) in [4.78, 5) is 0. The molecule has 110 valence electrons. The molecule has 2 rings (SSSR count). The van der Waals surface area contributed by atoms with Crippen molar-refractivity contribution in [3.63, 3.8) is 0 Å². The summed E-state index contributed by atoms with van der Waals surface area (Å²) in [6.45, 7) is 0. The Morgan fingerprint density at radius 1 is 0.810 bits per heavy atom. The fraction of sp³-hybridized carbons (Fsp3) is 0.176. The monoisotopic (exact) mass is 348 g/mol. The molecular weight excluding hydrogens is 332 g/mol. The van der Waals surface area contributed by atoms with Crippen LogP contribution < -0.4 is 14.2 Å². The lowest BCUT2D eigenvalue weighted by Gasteiger charge is -2.12. The van der Waals surface area contributed by atoms with E-state index in [1.54, 1.807) is 21.3 Å². The van der Waals surface area contributed by atoms with Crippen LogP contribution in [0.1, 0.15) is 11.1 Å². The van der Waals surface area contributed by atoms with E-state index >= 15 is 0 Å². The number of halogens is 1. The molecule has 0 bridgehead atoms. The third-order valence-electron chi connectivity index (χ3n) is 3.00. The van der Waals surface area contributed by atoms with Crippen LogP contribution in [0.15, 0.2) is 40.9 Å². The largest absolute Gasteiger partial charge is 0.493 e. The molecule has 0 fully saturated rings. The maximum Gasteiger partial charge on any atom is 0.203 e. The molecule has 0 spiro atoms. The van der Waals surface area contributed by atoms with Crippen molar-refractivity contribution in [2.45, 2.75) is 0 Å². The molecule has 0 heterocycles. The van der Waals surface area contributed by atoms with Crippen molar-refractivity contribution >= 4 is 28.1 Å². The zero-order valence-electron chi connectivity index (χ0n) is 12.2.